The van der Waals surface area contributed by atoms with E-state index in [-0.39, 0.29) is 0 Å². The maximum absolute atomic E-state index is 12.2. The van der Waals surface area contributed by atoms with Crippen molar-refractivity contribution in [3.63, 3.8) is 0 Å². The van der Waals surface area contributed by atoms with E-state index in [9.17, 15) is 27.2 Å². The number of urea groups is 1. The van der Waals surface area contributed by atoms with Crippen LogP contribution in [-0.4, -0.2) is 48.5 Å². The minimum atomic E-state index is -4.65. The highest BCUT2D eigenvalue weighted by Crippen LogP contribution is 2.23. The number of nitriles is 1. The van der Waals surface area contributed by atoms with Crippen LogP contribution in [0.3, 0.4) is 0 Å². The fourth-order valence-electron chi connectivity index (χ4n) is 0.740. The van der Waals surface area contributed by atoms with Crippen LogP contribution in [0.4, 0.5) is 22.4 Å². The number of oxime groups is 1. The normalized spacial score (nSPS) is 11.9. The smallest absolute Gasteiger partial charge is 0.410 e. The first kappa shape index (κ1) is 17.6. The van der Waals surface area contributed by atoms with Crippen LogP contribution in [0.5, 0.6) is 0 Å². The van der Waals surface area contributed by atoms with Crippen LogP contribution in [-0.2, 0) is 9.53 Å². The molecule has 12 heteroatoms. The number of hydrogen-bond acceptors (Lipinski definition) is 6. The van der Waals surface area contributed by atoms with E-state index in [0.29, 0.717) is 0 Å². The van der Waals surface area contributed by atoms with E-state index in [4.69, 9.17) is 10.5 Å². The standard InChI is InChI=1S/C8H8F4N4O4/c9-6(10)8(11,12)20-2-1-14-7(18)15-5(17)4(3-13)16-19/h6,19H,1-2H2,(H2,14,15,17,18). The van der Waals surface area contributed by atoms with Gasteiger partial charge >= 0.3 is 18.6 Å². The molecule has 0 aromatic heterocycles. The fraction of sp³-hybridized carbons (Fsp3) is 0.500. The number of halogens is 4. The molecule has 0 bridgehead atoms. The molecule has 0 fully saturated rings. The summed E-state index contributed by atoms with van der Waals surface area (Å²) in [4.78, 5) is 21.9. The second-order valence-corrected chi connectivity index (χ2v) is 2.98. The number of hydrogen-bond donors (Lipinski definition) is 3. The molecule has 112 valence electrons. The summed E-state index contributed by atoms with van der Waals surface area (Å²) < 4.78 is 51.3. The second-order valence-electron chi connectivity index (χ2n) is 2.98. The average Bonchev–Trinajstić information content (AvgIpc) is 2.36. The Labute approximate surface area is 109 Å². The number of amides is 3. The SMILES string of the molecule is N#CC(=NO)C(=O)NC(=O)NCCOC(F)(F)C(F)F. The topological polar surface area (TPSA) is 124 Å². The number of alkyl halides is 4. The van der Waals surface area contributed by atoms with Gasteiger partial charge in [0.2, 0.25) is 5.71 Å². The highest BCUT2D eigenvalue weighted by Gasteiger charge is 2.42. The second kappa shape index (κ2) is 7.89. The van der Waals surface area contributed by atoms with Crippen LogP contribution in [0.2, 0.25) is 0 Å². The quantitative estimate of drug-likeness (QED) is 0.210. The first-order valence-electron chi connectivity index (χ1n) is 4.75. The number of ether oxygens (including phenoxy) is 1. The zero-order chi connectivity index (χ0) is 15.8. The van der Waals surface area contributed by atoms with Crippen molar-refractivity contribution in [2.45, 2.75) is 12.5 Å². The van der Waals surface area contributed by atoms with Gasteiger partial charge in [0.1, 0.15) is 6.07 Å². The van der Waals surface area contributed by atoms with E-state index < -0.39 is 43.3 Å². The van der Waals surface area contributed by atoms with Gasteiger partial charge in [0.05, 0.1) is 6.61 Å². The van der Waals surface area contributed by atoms with Crippen LogP contribution in [0, 0.1) is 11.3 Å². The van der Waals surface area contributed by atoms with Gasteiger partial charge in [-0.15, -0.1) is 0 Å². The van der Waals surface area contributed by atoms with Crippen LogP contribution in [0.25, 0.3) is 0 Å². The van der Waals surface area contributed by atoms with Crippen molar-refractivity contribution in [1.82, 2.24) is 10.6 Å². The third kappa shape index (κ3) is 5.96. The number of rotatable bonds is 6. The molecule has 0 aromatic rings. The molecule has 0 atom stereocenters. The Morgan fingerprint density at radius 1 is 1.45 bits per heavy atom. The summed E-state index contributed by atoms with van der Waals surface area (Å²) in [5.41, 5.74) is -1.01. The molecule has 0 spiro atoms. The van der Waals surface area contributed by atoms with Crippen LogP contribution in [0.1, 0.15) is 0 Å². The van der Waals surface area contributed by atoms with Crippen molar-refractivity contribution in [3.8, 4) is 6.07 Å². The largest absolute Gasteiger partial charge is 0.416 e. The molecule has 0 aliphatic rings. The van der Waals surface area contributed by atoms with Gasteiger partial charge in [0.15, 0.2) is 0 Å². The molecule has 0 saturated heterocycles. The minimum Gasteiger partial charge on any atom is -0.410 e. The number of carbonyl (C=O) groups excluding carboxylic acids is 2. The van der Waals surface area contributed by atoms with Crippen molar-refractivity contribution in [1.29, 1.82) is 5.26 Å². The van der Waals surface area contributed by atoms with E-state index in [0.717, 1.165) is 6.07 Å². The van der Waals surface area contributed by atoms with Crippen molar-refractivity contribution >= 4 is 17.6 Å². The van der Waals surface area contributed by atoms with E-state index in [1.54, 1.807) is 0 Å². The molecule has 0 aliphatic heterocycles. The summed E-state index contributed by atoms with van der Waals surface area (Å²) in [5, 5.41) is 22.0. The monoisotopic (exact) mass is 300 g/mol. The molecule has 8 nitrogen and oxygen atoms in total. The Hall–Kier alpha value is -2.42. The maximum Gasteiger partial charge on any atom is 0.416 e. The van der Waals surface area contributed by atoms with Crippen LogP contribution >= 0.6 is 0 Å². The Morgan fingerprint density at radius 3 is 2.50 bits per heavy atom. The zero-order valence-electron chi connectivity index (χ0n) is 9.57. The summed E-state index contributed by atoms with van der Waals surface area (Å²) in [6, 6.07) is -0.0693. The molecule has 0 heterocycles. The number of imide groups is 1. The predicted octanol–water partition coefficient (Wildman–Crippen LogP) is 0.0405. The van der Waals surface area contributed by atoms with Crippen LogP contribution in [0.15, 0.2) is 5.16 Å². The summed E-state index contributed by atoms with van der Waals surface area (Å²) in [5.74, 6) is -1.34. The van der Waals surface area contributed by atoms with E-state index in [1.807, 2.05) is 5.32 Å². The lowest BCUT2D eigenvalue weighted by Crippen LogP contribution is -2.44. The maximum atomic E-state index is 12.2. The van der Waals surface area contributed by atoms with Gasteiger partial charge in [0.25, 0.3) is 5.91 Å². The van der Waals surface area contributed by atoms with Gasteiger partial charge in [-0.1, -0.05) is 5.16 Å². The molecule has 0 radical (unpaired) electrons. The molecule has 0 rings (SSSR count). The highest BCUT2D eigenvalue weighted by atomic mass is 19.3. The predicted molar refractivity (Wildman–Crippen MR) is 53.3 cm³/mol. The molecule has 0 aliphatic carbocycles. The summed E-state index contributed by atoms with van der Waals surface area (Å²) in [6.07, 6.45) is -8.66. The van der Waals surface area contributed by atoms with E-state index in [2.05, 4.69) is 9.89 Å². The van der Waals surface area contributed by atoms with Crippen molar-refractivity contribution in [2.75, 3.05) is 13.2 Å². The van der Waals surface area contributed by atoms with Gasteiger partial charge in [-0.25, -0.2) is 13.6 Å². The Balaban J connectivity index is 4.03. The molecular weight excluding hydrogens is 292 g/mol. The average molecular weight is 300 g/mol. The molecular formula is C8H8F4N4O4. The highest BCUT2D eigenvalue weighted by molar-refractivity contribution is 6.46. The van der Waals surface area contributed by atoms with Gasteiger partial charge in [-0.2, -0.15) is 14.0 Å². The first-order chi connectivity index (χ1) is 9.24. The lowest BCUT2D eigenvalue weighted by Gasteiger charge is -2.15. The fourth-order valence-corrected chi connectivity index (χ4v) is 0.740. The Morgan fingerprint density at radius 2 is 2.05 bits per heavy atom. The van der Waals surface area contributed by atoms with Gasteiger partial charge < -0.3 is 15.3 Å². The molecule has 20 heavy (non-hydrogen) atoms. The summed E-state index contributed by atoms with van der Waals surface area (Å²) >= 11 is 0. The lowest BCUT2D eigenvalue weighted by molar-refractivity contribution is -0.299. The Bertz CT molecular complexity index is 435. The van der Waals surface area contributed by atoms with Crippen molar-refractivity contribution in [2.24, 2.45) is 5.16 Å². The van der Waals surface area contributed by atoms with E-state index in [1.165, 1.54) is 5.32 Å². The van der Waals surface area contributed by atoms with Gasteiger partial charge in [-0.3, -0.25) is 10.1 Å². The van der Waals surface area contributed by atoms with Crippen LogP contribution < -0.4 is 10.6 Å². The van der Waals surface area contributed by atoms with Gasteiger partial charge in [0, 0.05) is 6.54 Å². The number of nitrogens with zero attached hydrogens (tertiary/aromatic N) is 2. The zero-order valence-corrected chi connectivity index (χ0v) is 9.57. The lowest BCUT2D eigenvalue weighted by atomic mass is 10.4. The Kier molecular flexibility index (Phi) is 6.94. The molecule has 0 aromatic carbocycles. The summed E-state index contributed by atoms with van der Waals surface area (Å²) in [6.45, 7) is -1.56. The minimum absolute atomic E-state index is 0.612. The third-order valence-electron chi connectivity index (χ3n) is 1.58. The van der Waals surface area contributed by atoms with Crippen molar-refractivity contribution < 1.29 is 37.1 Å². The molecule has 0 saturated carbocycles. The first-order valence-corrected chi connectivity index (χ1v) is 4.75. The molecule has 0 unspecified atom stereocenters. The van der Waals surface area contributed by atoms with Crippen molar-refractivity contribution in [3.05, 3.63) is 0 Å². The molecule has 3 amide bonds. The number of nitrogens with one attached hydrogen (secondary N) is 2. The summed E-state index contributed by atoms with van der Waals surface area (Å²) in [7, 11) is 0. The van der Waals surface area contributed by atoms with Gasteiger partial charge in [-0.05, 0) is 0 Å². The number of carbonyl (C=O) groups is 2. The third-order valence-corrected chi connectivity index (χ3v) is 1.58. The molecule has 3 N–H and O–H groups in total. The van der Waals surface area contributed by atoms with E-state index >= 15 is 0 Å².